The summed E-state index contributed by atoms with van der Waals surface area (Å²) in [4.78, 5) is 10.6. The van der Waals surface area contributed by atoms with Crippen molar-refractivity contribution >= 4 is 48.6 Å². The van der Waals surface area contributed by atoms with Crippen LogP contribution in [0.2, 0.25) is 0 Å². The van der Waals surface area contributed by atoms with Gasteiger partial charge in [-0.2, -0.15) is 8.42 Å². The molecule has 22 heavy (non-hydrogen) atoms. The lowest BCUT2D eigenvalue weighted by Crippen LogP contribution is -2.13. The van der Waals surface area contributed by atoms with Gasteiger partial charge in [0.15, 0.2) is 0 Å². The van der Waals surface area contributed by atoms with Crippen molar-refractivity contribution in [2.75, 3.05) is 0 Å². The lowest BCUT2D eigenvalue weighted by Gasteiger charge is -1.96. The summed E-state index contributed by atoms with van der Waals surface area (Å²) in [5.74, 6) is 0. The molecule has 0 bridgehead atoms. The second-order valence-corrected chi connectivity index (χ2v) is 8.14. The van der Waals surface area contributed by atoms with E-state index in [1.54, 1.807) is 29.1 Å². The number of non-ortho nitro benzene ring substituents is 1. The number of thiazole rings is 1. The van der Waals surface area contributed by atoms with Gasteiger partial charge in [0.05, 0.1) is 15.1 Å². The molecule has 0 aliphatic rings. The summed E-state index contributed by atoms with van der Waals surface area (Å²) in [6.45, 7) is 0. The van der Waals surface area contributed by atoms with Crippen molar-refractivity contribution in [3.05, 3.63) is 50.6 Å². The van der Waals surface area contributed by atoms with E-state index in [1.165, 1.54) is 18.2 Å². The third-order valence-electron chi connectivity index (χ3n) is 2.95. The Morgan fingerprint density at radius 2 is 2.09 bits per heavy atom. The molecule has 2 heterocycles. The summed E-state index contributed by atoms with van der Waals surface area (Å²) in [7, 11) is -2.09. The van der Waals surface area contributed by atoms with Crippen LogP contribution in [-0.2, 0) is 17.1 Å². The first-order chi connectivity index (χ1) is 10.4. The van der Waals surface area contributed by atoms with Gasteiger partial charge in [-0.15, -0.1) is 15.7 Å². The maximum atomic E-state index is 12.2. The molecule has 0 amide bonds. The lowest BCUT2D eigenvalue weighted by molar-refractivity contribution is -0.384. The molecule has 0 saturated carbocycles. The quantitative estimate of drug-likeness (QED) is 0.533. The van der Waals surface area contributed by atoms with Crippen LogP contribution in [0.5, 0.6) is 0 Å². The number of aromatic nitrogens is 1. The predicted molar refractivity (Wildman–Crippen MR) is 84.5 cm³/mol. The summed E-state index contributed by atoms with van der Waals surface area (Å²) in [5.41, 5.74) is 0.651. The molecule has 114 valence electrons. The summed E-state index contributed by atoms with van der Waals surface area (Å²) in [6, 6.07) is 7.51. The molecule has 0 saturated heterocycles. The number of hydrogen-bond acceptors (Lipinski definition) is 6. The molecule has 3 aromatic rings. The zero-order chi connectivity index (χ0) is 15.9. The normalized spacial score (nSPS) is 12.9. The van der Waals surface area contributed by atoms with Crippen LogP contribution in [0.3, 0.4) is 0 Å². The number of sulfonamides is 1. The van der Waals surface area contributed by atoms with Crippen LogP contribution in [0.25, 0.3) is 10.2 Å². The second-order valence-electron chi connectivity index (χ2n) is 4.35. The number of nitro groups is 1. The minimum Gasteiger partial charge on any atom is -0.319 e. The van der Waals surface area contributed by atoms with E-state index in [0.29, 0.717) is 10.2 Å². The van der Waals surface area contributed by atoms with Crippen LogP contribution in [-0.4, -0.2) is 17.9 Å². The van der Waals surface area contributed by atoms with Crippen molar-refractivity contribution < 1.29 is 13.3 Å². The maximum Gasteiger partial charge on any atom is 0.294 e. The van der Waals surface area contributed by atoms with Gasteiger partial charge < -0.3 is 4.57 Å². The Labute approximate surface area is 133 Å². The van der Waals surface area contributed by atoms with Gasteiger partial charge in [-0.3, -0.25) is 10.1 Å². The Balaban J connectivity index is 2.22. The van der Waals surface area contributed by atoms with Crippen molar-refractivity contribution in [1.29, 1.82) is 0 Å². The summed E-state index contributed by atoms with van der Waals surface area (Å²) >= 11 is 2.19. The summed E-state index contributed by atoms with van der Waals surface area (Å²) < 4.78 is 30.6. The Kier molecular flexibility index (Phi) is 3.59. The first-order valence-corrected chi connectivity index (χ1v) is 9.10. The van der Waals surface area contributed by atoms with Gasteiger partial charge in [0.2, 0.25) is 4.80 Å². The van der Waals surface area contributed by atoms with E-state index >= 15 is 0 Å². The van der Waals surface area contributed by atoms with E-state index in [4.69, 9.17) is 0 Å². The van der Waals surface area contributed by atoms with Crippen LogP contribution < -0.4 is 4.80 Å². The number of rotatable bonds is 3. The molecule has 0 spiro atoms. The Morgan fingerprint density at radius 1 is 1.32 bits per heavy atom. The maximum absolute atomic E-state index is 12.2. The van der Waals surface area contributed by atoms with Crippen molar-refractivity contribution in [3.8, 4) is 0 Å². The van der Waals surface area contributed by atoms with Gasteiger partial charge in [-0.1, -0.05) is 17.4 Å². The largest absolute Gasteiger partial charge is 0.319 e. The molecule has 0 unspecified atom stereocenters. The highest BCUT2D eigenvalue weighted by Crippen LogP contribution is 2.23. The predicted octanol–water partition coefficient (Wildman–Crippen LogP) is 2.50. The van der Waals surface area contributed by atoms with Crippen LogP contribution in [0.4, 0.5) is 5.69 Å². The van der Waals surface area contributed by atoms with Crippen molar-refractivity contribution in [3.63, 3.8) is 0 Å². The fourth-order valence-electron chi connectivity index (χ4n) is 1.88. The highest BCUT2D eigenvalue weighted by atomic mass is 32.2. The van der Waals surface area contributed by atoms with Crippen molar-refractivity contribution in [2.24, 2.45) is 11.4 Å². The first-order valence-electron chi connectivity index (χ1n) is 5.97. The van der Waals surface area contributed by atoms with Crippen LogP contribution in [0.15, 0.2) is 44.3 Å². The first kappa shape index (κ1) is 14.9. The molecule has 0 N–H and O–H groups in total. The Morgan fingerprint density at radius 3 is 2.73 bits per heavy atom. The fraction of sp³-hybridized carbons (Fsp3) is 0.0833. The molecule has 3 rings (SSSR count). The van der Waals surface area contributed by atoms with Gasteiger partial charge in [0, 0.05) is 19.2 Å². The van der Waals surface area contributed by atoms with Crippen molar-refractivity contribution in [1.82, 2.24) is 4.57 Å². The number of nitro benzene ring substituents is 1. The number of aryl methyl sites for hydroxylation is 1. The molecule has 0 radical (unpaired) electrons. The number of fused-ring (bicyclic) bond motifs is 1. The highest BCUT2D eigenvalue weighted by molar-refractivity contribution is 7.92. The number of hydrogen-bond donors (Lipinski definition) is 0. The van der Waals surface area contributed by atoms with Gasteiger partial charge >= 0.3 is 0 Å². The van der Waals surface area contributed by atoms with Crippen LogP contribution >= 0.6 is 22.7 Å². The van der Waals surface area contributed by atoms with Crippen molar-refractivity contribution in [2.45, 2.75) is 4.21 Å². The fourth-order valence-corrected chi connectivity index (χ4v) is 5.13. The van der Waals surface area contributed by atoms with Crippen LogP contribution in [0, 0.1) is 10.1 Å². The zero-order valence-electron chi connectivity index (χ0n) is 11.2. The average Bonchev–Trinajstić information content (AvgIpc) is 3.08. The summed E-state index contributed by atoms with van der Waals surface area (Å²) in [6.07, 6.45) is 0. The molecule has 7 nitrogen and oxygen atoms in total. The van der Waals surface area contributed by atoms with E-state index in [2.05, 4.69) is 4.40 Å². The zero-order valence-corrected chi connectivity index (χ0v) is 13.6. The third-order valence-corrected chi connectivity index (χ3v) is 6.80. The molecule has 0 fully saturated rings. The number of nitrogens with zero attached hydrogens (tertiary/aromatic N) is 3. The molecule has 0 aliphatic heterocycles. The van der Waals surface area contributed by atoms with Gasteiger partial charge in [-0.25, -0.2) is 0 Å². The SMILES string of the molecule is Cn1/c(=N/S(=O)(=O)c2cccs2)sc2cc([N+](=O)[O-])ccc21. The van der Waals surface area contributed by atoms with Gasteiger partial charge in [-0.05, 0) is 17.5 Å². The van der Waals surface area contributed by atoms with E-state index < -0.39 is 14.9 Å². The minimum atomic E-state index is -3.77. The topological polar surface area (TPSA) is 94.6 Å². The monoisotopic (exact) mass is 355 g/mol. The molecular formula is C12H9N3O4S3. The Bertz CT molecular complexity index is 1030. The third kappa shape index (κ3) is 2.56. The second kappa shape index (κ2) is 5.30. The molecule has 1 aromatic carbocycles. The van der Waals surface area contributed by atoms with E-state index in [0.717, 1.165) is 22.7 Å². The van der Waals surface area contributed by atoms with Gasteiger partial charge in [0.25, 0.3) is 15.7 Å². The van der Waals surface area contributed by atoms with Gasteiger partial charge in [0.1, 0.15) is 4.21 Å². The molecule has 2 aromatic heterocycles. The van der Waals surface area contributed by atoms with E-state index in [1.807, 2.05) is 0 Å². The summed E-state index contributed by atoms with van der Waals surface area (Å²) in [5, 5.41) is 12.5. The minimum absolute atomic E-state index is 0.0398. The number of benzene rings is 1. The molecule has 0 atom stereocenters. The number of thiophene rings is 1. The highest BCUT2D eigenvalue weighted by Gasteiger charge is 2.15. The lowest BCUT2D eigenvalue weighted by atomic mass is 10.3. The van der Waals surface area contributed by atoms with Crippen LogP contribution in [0.1, 0.15) is 0 Å². The molecule has 10 heteroatoms. The smallest absolute Gasteiger partial charge is 0.294 e. The molecule has 0 aliphatic carbocycles. The average molecular weight is 355 g/mol. The van der Waals surface area contributed by atoms with E-state index in [-0.39, 0.29) is 14.7 Å². The molecular weight excluding hydrogens is 346 g/mol. The Hall–Kier alpha value is -2.04. The van der Waals surface area contributed by atoms with E-state index in [9.17, 15) is 18.5 Å². The standard InChI is InChI=1S/C12H9N3O4S3/c1-14-9-5-4-8(15(16)17)7-10(9)21-12(14)13-22(18,19)11-3-2-6-20-11/h2-7H,1H3/b13-12-.